The molecule has 3 rings (SSSR count). The molecular formula is C16H13NO4. The number of carboxylic acids is 1. The van der Waals surface area contributed by atoms with Crippen LogP contribution < -0.4 is 10.1 Å². The molecule has 2 N–H and O–H groups in total. The zero-order valence-corrected chi connectivity index (χ0v) is 11.1. The molecule has 0 fully saturated rings. The average Bonchev–Trinajstić information content (AvgIpc) is 2.90. The van der Waals surface area contributed by atoms with Crippen molar-refractivity contribution in [3.8, 4) is 5.75 Å². The van der Waals surface area contributed by atoms with Crippen LogP contribution in [0, 0.1) is 0 Å². The third kappa shape index (κ3) is 2.45. The second-order valence-corrected chi connectivity index (χ2v) is 4.73. The van der Waals surface area contributed by atoms with Crippen molar-refractivity contribution in [3.05, 3.63) is 65.2 Å². The van der Waals surface area contributed by atoms with Gasteiger partial charge in [-0.15, -0.1) is 0 Å². The minimum atomic E-state index is -1.12. The zero-order chi connectivity index (χ0) is 14.8. The third-order valence-corrected chi connectivity index (χ3v) is 3.41. The summed E-state index contributed by atoms with van der Waals surface area (Å²) in [4.78, 5) is 23.5. The maximum absolute atomic E-state index is 12.3. The van der Waals surface area contributed by atoms with E-state index in [-0.39, 0.29) is 17.2 Å². The molecular weight excluding hydrogens is 270 g/mol. The van der Waals surface area contributed by atoms with E-state index in [9.17, 15) is 9.59 Å². The predicted molar refractivity (Wildman–Crippen MR) is 75.5 cm³/mol. The van der Waals surface area contributed by atoms with Gasteiger partial charge in [0.05, 0.1) is 17.2 Å². The van der Waals surface area contributed by atoms with Crippen LogP contribution in [0.2, 0.25) is 0 Å². The molecule has 0 saturated heterocycles. The lowest BCUT2D eigenvalue weighted by Crippen LogP contribution is -2.30. The van der Waals surface area contributed by atoms with Gasteiger partial charge in [-0.3, -0.25) is 4.79 Å². The fourth-order valence-corrected chi connectivity index (χ4v) is 2.39. The number of nitrogens with one attached hydrogen (secondary N) is 1. The Balaban J connectivity index is 1.84. The van der Waals surface area contributed by atoms with E-state index in [1.165, 1.54) is 12.1 Å². The lowest BCUT2D eigenvalue weighted by molar-refractivity contribution is 0.0690. The molecule has 1 unspecified atom stereocenters. The van der Waals surface area contributed by atoms with Gasteiger partial charge in [-0.2, -0.15) is 0 Å². The van der Waals surface area contributed by atoms with E-state index in [0.717, 1.165) is 11.3 Å². The molecule has 2 aromatic carbocycles. The number of aromatic carboxylic acids is 1. The second-order valence-electron chi connectivity index (χ2n) is 4.73. The fourth-order valence-electron chi connectivity index (χ4n) is 2.39. The lowest BCUT2D eigenvalue weighted by atomic mass is 10.0. The summed E-state index contributed by atoms with van der Waals surface area (Å²) in [5.41, 5.74) is 1.04. The SMILES string of the molecule is O=C(O)c1ccccc1C(=O)NC1COc2ccccc21. The van der Waals surface area contributed by atoms with Crippen LogP contribution >= 0.6 is 0 Å². The monoisotopic (exact) mass is 283 g/mol. The smallest absolute Gasteiger partial charge is 0.336 e. The summed E-state index contributed by atoms with van der Waals surface area (Å²) in [5.74, 6) is -0.795. The van der Waals surface area contributed by atoms with Crippen LogP contribution in [0.4, 0.5) is 0 Å². The van der Waals surface area contributed by atoms with E-state index in [1.54, 1.807) is 12.1 Å². The highest BCUT2D eigenvalue weighted by molar-refractivity contribution is 6.04. The Labute approximate surface area is 121 Å². The van der Waals surface area contributed by atoms with E-state index in [2.05, 4.69) is 5.32 Å². The van der Waals surface area contributed by atoms with Crippen LogP contribution in [0.3, 0.4) is 0 Å². The molecule has 5 heteroatoms. The number of carbonyl (C=O) groups is 2. The van der Waals surface area contributed by atoms with Gasteiger partial charge in [0.15, 0.2) is 0 Å². The normalized spacial score (nSPS) is 15.9. The van der Waals surface area contributed by atoms with Gasteiger partial charge in [0, 0.05) is 5.56 Å². The summed E-state index contributed by atoms with van der Waals surface area (Å²) in [5, 5.41) is 11.9. The quantitative estimate of drug-likeness (QED) is 0.906. The van der Waals surface area contributed by atoms with Crippen LogP contribution in [0.25, 0.3) is 0 Å². The summed E-state index contributed by atoms with van der Waals surface area (Å²) in [7, 11) is 0. The van der Waals surface area contributed by atoms with Gasteiger partial charge in [-0.05, 0) is 18.2 Å². The van der Waals surface area contributed by atoms with Crippen LogP contribution in [-0.2, 0) is 0 Å². The number of benzene rings is 2. The third-order valence-electron chi connectivity index (χ3n) is 3.41. The van der Waals surface area contributed by atoms with Crippen molar-refractivity contribution in [3.63, 3.8) is 0 Å². The first-order chi connectivity index (χ1) is 10.2. The van der Waals surface area contributed by atoms with Crippen molar-refractivity contribution in [2.75, 3.05) is 6.61 Å². The summed E-state index contributed by atoms with van der Waals surface area (Å²) in [6, 6.07) is 13.3. The number of fused-ring (bicyclic) bond motifs is 1. The van der Waals surface area contributed by atoms with Crippen LogP contribution in [0.1, 0.15) is 32.3 Å². The molecule has 0 saturated carbocycles. The molecule has 106 valence electrons. The van der Waals surface area contributed by atoms with Gasteiger partial charge in [0.2, 0.25) is 0 Å². The van der Waals surface area contributed by atoms with Crippen molar-refractivity contribution in [1.29, 1.82) is 0 Å². The molecule has 0 aromatic heterocycles. The number of ether oxygens (including phenoxy) is 1. The molecule has 5 nitrogen and oxygen atoms in total. The molecule has 0 spiro atoms. The van der Waals surface area contributed by atoms with E-state index < -0.39 is 11.9 Å². The van der Waals surface area contributed by atoms with E-state index >= 15 is 0 Å². The highest BCUT2D eigenvalue weighted by atomic mass is 16.5. The standard InChI is InChI=1S/C16H13NO4/c18-15(10-5-1-2-6-11(10)16(19)20)17-13-9-21-14-8-4-3-7-12(13)14/h1-8,13H,9H2,(H,17,18)(H,19,20). The number of carbonyl (C=O) groups excluding carboxylic acids is 1. The van der Waals surface area contributed by atoms with E-state index in [4.69, 9.17) is 9.84 Å². The minimum absolute atomic E-state index is 0.0119. The largest absolute Gasteiger partial charge is 0.491 e. The summed E-state index contributed by atoms with van der Waals surface area (Å²) < 4.78 is 5.49. The molecule has 1 heterocycles. The number of hydrogen-bond donors (Lipinski definition) is 2. The maximum Gasteiger partial charge on any atom is 0.336 e. The minimum Gasteiger partial charge on any atom is -0.491 e. The highest BCUT2D eigenvalue weighted by Gasteiger charge is 2.26. The summed E-state index contributed by atoms with van der Waals surface area (Å²) in [6.07, 6.45) is 0. The molecule has 2 aromatic rings. The number of amides is 1. The molecule has 1 amide bonds. The van der Waals surface area contributed by atoms with Crippen LogP contribution in [-0.4, -0.2) is 23.6 Å². The first kappa shape index (κ1) is 13.2. The Hall–Kier alpha value is -2.82. The molecule has 1 aliphatic heterocycles. The number of rotatable bonds is 3. The van der Waals surface area contributed by atoms with Gasteiger partial charge >= 0.3 is 5.97 Å². The predicted octanol–water partition coefficient (Wildman–Crippen LogP) is 2.25. The first-order valence-corrected chi connectivity index (χ1v) is 6.51. The topological polar surface area (TPSA) is 75.6 Å². The van der Waals surface area contributed by atoms with Gasteiger partial charge in [0.1, 0.15) is 12.4 Å². The van der Waals surface area contributed by atoms with Crippen LogP contribution in [0.5, 0.6) is 5.75 Å². The van der Waals surface area contributed by atoms with Gasteiger partial charge in [-0.1, -0.05) is 30.3 Å². The van der Waals surface area contributed by atoms with Crippen LogP contribution in [0.15, 0.2) is 48.5 Å². The Morgan fingerprint density at radius 3 is 2.48 bits per heavy atom. The molecule has 0 radical (unpaired) electrons. The number of hydrogen-bond acceptors (Lipinski definition) is 3. The second kappa shape index (κ2) is 5.28. The van der Waals surface area contributed by atoms with E-state index in [1.807, 2.05) is 24.3 Å². The molecule has 0 aliphatic carbocycles. The van der Waals surface area contributed by atoms with Crippen molar-refractivity contribution in [2.24, 2.45) is 0 Å². The Morgan fingerprint density at radius 2 is 1.71 bits per heavy atom. The Kier molecular flexibility index (Phi) is 3.31. The zero-order valence-electron chi connectivity index (χ0n) is 11.1. The molecule has 0 bridgehead atoms. The van der Waals surface area contributed by atoms with Crippen molar-refractivity contribution in [1.82, 2.24) is 5.32 Å². The Bertz CT molecular complexity index is 711. The van der Waals surface area contributed by atoms with Gasteiger partial charge in [-0.25, -0.2) is 4.79 Å². The molecule has 1 aliphatic rings. The van der Waals surface area contributed by atoms with Crippen molar-refractivity contribution in [2.45, 2.75) is 6.04 Å². The average molecular weight is 283 g/mol. The van der Waals surface area contributed by atoms with Gasteiger partial charge in [0.25, 0.3) is 5.91 Å². The van der Waals surface area contributed by atoms with Crippen molar-refractivity contribution >= 4 is 11.9 Å². The molecule has 1 atom stereocenters. The summed E-state index contributed by atoms with van der Waals surface area (Å²) >= 11 is 0. The van der Waals surface area contributed by atoms with Gasteiger partial charge < -0.3 is 15.2 Å². The number of para-hydroxylation sites is 1. The lowest BCUT2D eigenvalue weighted by Gasteiger charge is -2.13. The Morgan fingerprint density at radius 1 is 1.05 bits per heavy atom. The maximum atomic E-state index is 12.3. The molecule has 21 heavy (non-hydrogen) atoms. The van der Waals surface area contributed by atoms with Crippen molar-refractivity contribution < 1.29 is 19.4 Å². The first-order valence-electron chi connectivity index (χ1n) is 6.51. The van der Waals surface area contributed by atoms with E-state index in [0.29, 0.717) is 6.61 Å². The fraction of sp³-hybridized carbons (Fsp3) is 0.125. The highest BCUT2D eigenvalue weighted by Crippen LogP contribution is 2.31. The summed E-state index contributed by atoms with van der Waals surface area (Å²) in [6.45, 7) is 0.348. The number of carboxylic acid groups (broad SMARTS) is 1.